The smallest absolute Gasteiger partial charge is 0.410 e. The van der Waals surface area contributed by atoms with Gasteiger partial charge in [0.2, 0.25) is 0 Å². The lowest BCUT2D eigenvalue weighted by molar-refractivity contribution is -0.00297. The van der Waals surface area contributed by atoms with Crippen molar-refractivity contribution >= 4 is 12.0 Å². The predicted molar refractivity (Wildman–Crippen MR) is 120 cm³/mol. The molecule has 31 heavy (non-hydrogen) atoms. The van der Waals surface area contributed by atoms with Crippen molar-refractivity contribution in [2.24, 2.45) is 5.92 Å². The zero-order valence-electron chi connectivity index (χ0n) is 19.6. The molecule has 1 saturated heterocycles. The van der Waals surface area contributed by atoms with Gasteiger partial charge in [0.15, 0.2) is 0 Å². The molecule has 174 valence electrons. The minimum Gasteiger partial charge on any atom is -0.444 e. The summed E-state index contributed by atoms with van der Waals surface area (Å²) in [6, 6.07) is 3.98. The van der Waals surface area contributed by atoms with E-state index in [-0.39, 0.29) is 18.0 Å². The number of piperidine rings is 1. The number of ether oxygens (including phenoxy) is 2. The summed E-state index contributed by atoms with van der Waals surface area (Å²) in [5.41, 5.74) is 0.181. The van der Waals surface area contributed by atoms with Crippen molar-refractivity contribution in [1.82, 2.24) is 14.8 Å². The number of amides is 2. The summed E-state index contributed by atoms with van der Waals surface area (Å²) < 4.78 is 13.5. The van der Waals surface area contributed by atoms with Crippen LogP contribution in [-0.4, -0.2) is 59.4 Å². The van der Waals surface area contributed by atoms with Gasteiger partial charge in [-0.3, -0.25) is 4.79 Å². The van der Waals surface area contributed by atoms with Crippen molar-refractivity contribution in [1.29, 1.82) is 0 Å². The topological polar surface area (TPSA) is 72.8 Å². The molecule has 2 atom stereocenters. The van der Waals surface area contributed by atoms with E-state index in [9.17, 15) is 9.59 Å². The zero-order valence-corrected chi connectivity index (χ0v) is 19.6. The third kappa shape index (κ3) is 6.73. The number of hydrogen-bond donors (Lipinski definition) is 1. The standard InChI is InChI=1S/C24H39N3O4/c1-18-8-5-6-10-21(18)30-17-13-25-22(28)20-9-7-14-27(20)19-11-15-26(16-12-19)23(29)31-24(2,3)4/h7,9,14,18-19,21H,5-6,8,10-13,15-17H2,1-4H3,(H,25,28). The van der Waals surface area contributed by atoms with Gasteiger partial charge >= 0.3 is 6.09 Å². The summed E-state index contributed by atoms with van der Waals surface area (Å²) in [5, 5.41) is 3.00. The Morgan fingerprint density at radius 2 is 1.84 bits per heavy atom. The second-order valence-corrected chi connectivity index (χ2v) is 9.93. The highest BCUT2D eigenvalue weighted by Gasteiger charge is 2.29. The molecule has 2 fully saturated rings. The van der Waals surface area contributed by atoms with E-state index in [1.807, 2.05) is 43.7 Å². The number of carbonyl (C=O) groups is 2. The van der Waals surface area contributed by atoms with E-state index in [0.717, 1.165) is 19.3 Å². The molecular weight excluding hydrogens is 394 g/mol. The average molecular weight is 434 g/mol. The first kappa shape index (κ1) is 23.6. The van der Waals surface area contributed by atoms with Crippen LogP contribution in [0.25, 0.3) is 0 Å². The molecule has 2 aliphatic rings. The molecule has 0 bridgehead atoms. The number of carbonyl (C=O) groups excluding carboxylic acids is 2. The quantitative estimate of drug-likeness (QED) is 0.676. The highest BCUT2D eigenvalue weighted by Crippen LogP contribution is 2.27. The fourth-order valence-electron chi connectivity index (χ4n) is 4.55. The summed E-state index contributed by atoms with van der Waals surface area (Å²) in [5.74, 6) is 0.535. The van der Waals surface area contributed by atoms with Gasteiger partial charge in [-0.1, -0.05) is 19.8 Å². The molecule has 7 nitrogen and oxygen atoms in total. The molecular formula is C24H39N3O4. The van der Waals surface area contributed by atoms with Gasteiger partial charge in [0.05, 0.1) is 12.7 Å². The van der Waals surface area contributed by atoms with Crippen LogP contribution in [-0.2, 0) is 9.47 Å². The van der Waals surface area contributed by atoms with Crippen LogP contribution in [0.5, 0.6) is 0 Å². The van der Waals surface area contributed by atoms with E-state index in [1.54, 1.807) is 4.90 Å². The Morgan fingerprint density at radius 1 is 1.13 bits per heavy atom. The Bertz CT molecular complexity index is 731. The highest BCUT2D eigenvalue weighted by molar-refractivity contribution is 5.92. The molecule has 2 amide bonds. The molecule has 1 aromatic heterocycles. The van der Waals surface area contributed by atoms with Gasteiger partial charge in [-0.05, 0) is 64.5 Å². The van der Waals surface area contributed by atoms with Gasteiger partial charge in [0.1, 0.15) is 11.3 Å². The first-order chi connectivity index (χ1) is 14.7. The lowest BCUT2D eigenvalue weighted by Gasteiger charge is -2.34. The van der Waals surface area contributed by atoms with Crippen LogP contribution in [0.15, 0.2) is 18.3 Å². The van der Waals surface area contributed by atoms with Crippen LogP contribution in [0.4, 0.5) is 4.79 Å². The predicted octanol–water partition coefficient (Wildman–Crippen LogP) is 4.39. The Balaban J connectivity index is 1.45. The van der Waals surface area contributed by atoms with E-state index in [1.165, 1.54) is 19.3 Å². The Kier molecular flexibility index (Phi) is 8.03. The van der Waals surface area contributed by atoms with E-state index < -0.39 is 5.60 Å². The maximum Gasteiger partial charge on any atom is 0.410 e. The van der Waals surface area contributed by atoms with Gasteiger partial charge < -0.3 is 24.3 Å². The Hall–Kier alpha value is -2.02. The molecule has 1 aliphatic heterocycles. The van der Waals surface area contributed by atoms with E-state index in [2.05, 4.69) is 12.2 Å². The normalized spacial score (nSPS) is 22.9. The van der Waals surface area contributed by atoms with Gasteiger partial charge in [-0.2, -0.15) is 0 Å². The highest BCUT2D eigenvalue weighted by atomic mass is 16.6. The van der Waals surface area contributed by atoms with Gasteiger partial charge in [-0.15, -0.1) is 0 Å². The summed E-state index contributed by atoms with van der Waals surface area (Å²) in [4.78, 5) is 26.8. The monoisotopic (exact) mass is 433 g/mol. The molecule has 1 aromatic rings. The molecule has 1 saturated carbocycles. The van der Waals surface area contributed by atoms with E-state index >= 15 is 0 Å². The zero-order chi connectivity index (χ0) is 22.4. The van der Waals surface area contributed by atoms with Gasteiger partial charge in [-0.25, -0.2) is 4.79 Å². The molecule has 3 rings (SSSR count). The van der Waals surface area contributed by atoms with Crippen molar-refractivity contribution in [2.75, 3.05) is 26.2 Å². The maximum atomic E-state index is 12.7. The Labute approximate surface area is 186 Å². The lowest BCUT2D eigenvalue weighted by Crippen LogP contribution is -2.42. The van der Waals surface area contributed by atoms with Crippen LogP contribution in [0.3, 0.4) is 0 Å². The number of nitrogens with one attached hydrogen (secondary N) is 1. The summed E-state index contributed by atoms with van der Waals surface area (Å²) in [7, 11) is 0. The molecule has 7 heteroatoms. The van der Waals surface area contributed by atoms with Gasteiger partial charge in [0, 0.05) is 31.9 Å². The van der Waals surface area contributed by atoms with E-state index in [0.29, 0.717) is 44.0 Å². The molecule has 0 aromatic carbocycles. The van der Waals surface area contributed by atoms with Crippen molar-refractivity contribution in [3.05, 3.63) is 24.0 Å². The maximum absolute atomic E-state index is 12.7. The van der Waals surface area contributed by atoms with Crippen LogP contribution < -0.4 is 5.32 Å². The minimum absolute atomic E-state index is 0.0696. The van der Waals surface area contributed by atoms with Crippen LogP contribution in [0.2, 0.25) is 0 Å². The third-order valence-corrected chi connectivity index (χ3v) is 6.27. The first-order valence-electron chi connectivity index (χ1n) is 11.8. The molecule has 1 N–H and O–H groups in total. The number of aromatic nitrogens is 1. The van der Waals surface area contributed by atoms with Crippen LogP contribution in [0.1, 0.15) is 82.8 Å². The van der Waals surface area contributed by atoms with E-state index in [4.69, 9.17) is 9.47 Å². The third-order valence-electron chi connectivity index (χ3n) is 6.27. The van der Waals surface area contributed by atoms with Crippen LogP contribution >= 0.6 is 0 Å². The molecule has 0 spiro atoms. The van der Waals surface area contributed by atoms with Crippen molar-refractivity contribution in [2.45, 2.75) is 84.0 Å². The number of likely N-dealkylation sites (tertiary alicyclic amines) is 1. The summed E-state index contributed by atoms with van der Waals surface area (Å²) >= 11 is 0. The second kappa shape index (κ2) is 10.5. The number of hydrogen-bond acceptors (Lipinski definition) is 4. The van der Waals surface area contributed by atoms with Crippen molar-refractivity contribution < 1.29 is 19.1 Å². The summed E-state index contributed by atoms with van der Waals surface area (Å²) in [6.07, 6.45) is 8.52. The number of rotatable bonds is 6. The van der Waals surface area contributed by atoms with Gasteiger partial charge in [0.25, 0.3) is 5.91 Å². The number of nitrogens with zero attached hydrogens (tertiary/aromatic N) is 2. The fraction of sp³-hybridized carbons (Fsp3) is 0.750. The molecule has 1 aliphatic carbocycles. The SMILES string of the molecule is CC1CCCCC1OCCNC(=O)c1cccn1C1CCN(C(=O)OC(C)(C)C)CC1. The molecule has 2 heterocycles. The van der Waals surface area contributed by atoms with Crippen molar-refractivity contribution in [3.63, 3.8) is 0 Å². The average Bonchev–Trinajstić information content (AvgIpc) is 3.21. The Morgan fingerprint density at radius 3 is 2.52 bits per heavy atom. The molecule has 2 unspecified atom stereocenters. The molecule has 0 radical (unpaired) electrons. The second-order valence-electron chi connectivity index (χ2n) is 9.93. The van der Waals surface area contributed by atoms with Crippen molar-refractivity contribution in [3.8, 4) is 0 Å². The van der Waals surface area contributed by atoms with Crippen LogP contribution in [0, 0.1) is 5.92 Å². The minimum atomic E-state index is -0.488. The largest absolute Gasteiger partial charge is 0.444 e. The fourth-order valence-corrected chi connectivity index (χ4v) is 4.55. The summed E-state index contributed by atoms with van der Waals surface area (Å²) in [6.45, 7) is 10.2. The lowest BCUT2D eigenvalue weighted by atomic mass is 9.88. The first-order valence-corrected chi connectivity index (χ1v) is 11.8.